The Morgan fingerprint density at radius 3 is 2.36 bits per heavy atom. The van der Waals surface area contributed by atoms with Gasteiger partial charge in [0.25, 0.3) is 0 Å². The molecule has 0 saturated carbocycles. The van der Waals surface area contributed by atoms with Crippen LogP contribution in [0.2, 0.25) is 0 Å². The van der Waals surface area contributed by atoms with Gasteiger partial charge in [-0.15, -0.1) is 0 Å². The van der Waals surface area contributed by atoms with Crippen LogP contribution in [0.5, 0.6) is 0 Å². The summed E-state index contributed by atoms with van der Waals surface area (Å²) in [6, 6.07) is 2.84. The monoisotopic (exact) mass is 273 g/mol. The van der Waals surface area contributed by atoms with Crippen LogP contribution in [0.1, 0.15) is 5.69 Å². The van der Waals surface area contributed by atoms with Gasteiger partial charge in [0.2, 0.25) is 0 Å². The predicted molar refractivity (Wildman–Crippen MR) is 42.0 cm³/mol. The van der Waals surface area contributed by atoms with Crippen LogP contribution in [0.3, 0.4) is 0 Å². The molecule has 1 aromatic rings. The molecule has 1 rings (SSSR count). The second-order valence-corrected chi connectivity index (χ2v) is 2.99. The number of pyridine rings is 1. The topological polar surface area (TPSA) is 12.9 Å². The van der Waals surface area contributed by atoms with Gasteiger partial charge in [0.15, 0.2) is 5.69 Å². The molecule has 0 fully saturated rings. The molecule has 60 valence electrons. The van der Waals surface area contributed by atoms with Gasteiger partial charge in [-0.25, -0.2) is 0 Å². The van der Waals surface area contributed by atoms with Crippen LogP contribution < -0.4 is 0 Å². The van der Waals surface area contributed by atoms with Crippen LogP contribution >= 0.6 is 22.6 Å². The van der Waals surface area contributed by atoms with Crippen LogP contribution in [0.4, 0.5) is 13.2 Å². The van der Waals surface area contributed by atoms with E-state index in [1.165, 1.54) is 12.1 Å². The van der Waals surface area contributed by atoms with E-state index >= 15 is 0 Å². The molecule has 0 aliphatic rings. The van der Waals surface area contributed by atoms with Crippen molar-refractivity contribution in [2.45, 2.75) is 6.18 Å². The lowest BCUT2D eigenvalue weighted by atomic mass is 10.3. The summed E-state index contributed by atoms with van der Waals surface area (Å²) < 4.78 is 36.1. The van der Waals surface area contributed by atoms with Gasteiger partial charge in [-0.05, 0) is 34.7 Å². The summed E-state index contributed by atoms with van der Waals surface area (Å²) in [4.78, 5) is 3.22. The number of aromatic nitrogens is 1. The van der Waals surface area contributed by atoms with E-state index in [1.807, 2.05) is 0 Å². The van der Waals surface area contributed by atoms with Gasteiger partial charge < -0.3 is 0 Å². The first-order chi connectivity index (χ1) is 5.02. The number of alkyl halides is 3. The lowest BCUT2D eigenvalue weighted by molar-refractivity contribution is -0.141. The van der Waals surface area contributed by atoms with Gasteiger partial charge in [-0.3, -0.25) is 4.98 Å². The lowest BCUT2D eigenvalue weighted by Crippen LogP contribution is -2.09. The number of nitrogens with zero attached hydrogens (tertiary/aromatic N) is 1. The van der Waals surface area contributed by atoms with Crippen LogP contribution in [0.15, 0.2) is 18.3 Å². The molecule has 0 radical (unpaired) electrons. The van der Waals surface area contributed by atoms with Crippen molar-refractivity contribution in [1.82, 2.24) is 4.98 Å². The van der Waals surface area contributed by atoms with Crippen molar-refractivity contribution in [2.24, 2.45) is 0 Å². The summed E-state index contributed by atoms with van der Waals surface area (Å²) >= 11 is 1.60. The van der Waals surface area contributed by atoms with Crippen molar-refractivity contribution >= 4 is 22.6 Å². The second-order valence-electron chi connectivity index (χ2n) is 1.83. The Bertz CT molecular complexity index is 258. The minimum Gasteiger partial charge on any atom is -0.251 e. The minimum absolute atomic E-state index is 0.123. The Hall–Kier alpha value is -0.330. The number of halogens is 4. The molecular weight excluding hydrogens is 270 g/mol. The first-order valence-electron chi connectivity index (χ1n) is 2.69. The Labute approximate surface area is 74.8 Å². The molecule has 0 atom stereocenters. The second kappa shape index (κ2) is 2.96. The largest absolute Gasteiger partial charge is 0.434 e. The van der Waals surface area contributed by atoms with Crippen LogP contribution in [0.25, 0.3) is 0 Å². The molecule has 11 heavy (non-hydrogen) atoms. The molecule has 0 amide bonds. The molecule has 0 aliphatic carbocycles. The molecule has 0 aliphatic heterocycles. The predicted octanol–water partition coefficient (Wildman–Crippen LogP) is 2.71. The van der Waals surface area contributed by atoms with Gasteiger partial charge in [-0.1, -0.05) is 0 Å². The highest BCUT2D eigenvalue weighted by Gasteiger charge is 2.34. The van der Waals surface area contributed by atoms with Crippen molar-refractivity contribution in [3.63, 3.8) is 0 Å². The average Bonchev–Trinajstić information content (AvgIpc) is 1.86. The van der Waals surface area contributed by atoms with Crippen LogP contribution in [0, 0.1) is 3.57 Å². The quantitative estimate of drug-likeness (QED) is 0.662. The van der Waals surface area contributed by atoms with Crippen molar-refractivity contribution in [3.8, 4) is 0 Å². The molecule has 1 aromatic heterocycles. The maximum atomic E-state index is 12.0. The van der Waals surface area contributed by atoms with E-state index in [0.29, 0.717) is 0 Å². The van der Waals surface area contributed by atoms with Crippen LogP contribution in [-0.2, 0) is 6.18 Å². The smallest absolute Gasteiger partial charge is 0.251 e. The molecule has 0 aromatic carbocycles. The fourth-order valence-corrected chi connectivity index (χ4v) is 1.25. The molecule has 5 heteroatoms. The molecular formula is C6H3F3IN. The number of hydrogen-bond acceptors (Lipinski definition) is 1. The summed E-state index contributed by atoms with van der Waals surface area (Å²) in [7, 11) is 0. The molecule has 0 bridgehead atoms. The molecule has 0 spiro atoms. The maximum Gasteiger partial charge on any atom is 0.434 e. The zero-order valence-electron chi connectivity index (χ0n) is 5.19. The van der Waals surface area contributed by atoms with Gasteiger partial charge in [-0.2, -0.15) is 13.2 Å². The highest BCUT2D eigenvalue weighted by molar-refractivity contribution is 14.1. The van der Waals surface area contributed by atoms with Gasteiger partial charge in [0, 0.05) is 9.77 Å². The fourth-order valence-electron chi connectivity index (χ4n) is 0.594. The third-order valence-corrected chi connectivity index (χ3v) is 1.90. The summed E-state index contributed by atoms with van der Waals surface area (Å²) in [5, 5.41) is 0. The SMILES string of the molecule is FC(F)(F)c1ncccc1I. The first-order valence-corrected chi connectivity index (χ1v) is 3.77. The average molecular weight is 273 g/mol. The Kier molecular flexibility index (Phi) is 2.36. The third-order valence-electron chi connectivity index (χ3n) is 1.03. The highest BCUT2D eigenvalue weighted by atomic mass is 127. The summed E-state index contributed by atoms with van der Waals surface area (Å²) in [5.74, 6) is 0. The van der Waals surface area contributed by atoms with E-state index in [0.717, 1.165) is 6.20 Å². The van der Waals surface area contributed by atoms with E-state index in [4.69, 9.17) is 0 Å². The zero-order chi connectivity index (χ0) is 8.48. The zero-order valence-corrected chi connectivity index (χ0v) is 7.35. The Morgan fingerprint density at radius 1 is 1.36 bits per heavy atom. The highest BCUT2D eigenvalue weighted by Crippen LogP contribution is 2.30. The summed E-state index contributed by atoms with van der Waals surface area (Å²) in [5.41, 5.74) is -0.819. The molecule has 1 nitrogen and oxygen atoms in total. The normalized spacial score (nSPS) is 11.6. The minimum atomic E-state index is -4.34. The molecule has 0 unspecified atom stereocenters. The maximum absolute atomic E-state index is 12.0. The van der Waals surface area contributed by atoms with Crippen LogP contribution in [-0.4, -0.2) is 4.98 Å². The van der Waals surface area contributed by atoms with Crippen molar-refractivity contribution in [2.75, 3.05) is 0 Å². The van der Waals surface area contributed by atoms with Gasteiger partial charge in [0.05, 0.1) is 0 Å². The van der Waals surface area contributed by atoms with E-state index in [-0.39, 0.29) is 3.57 Å². The van der Waals surface area contributed by atoms with Gasteiger partial charge >= 0.3 is 6.18 Å². The Morgan fingerprint density at radius 2 is 2.00 bits per heavy atom. The standard InChI is InChI=1S/C6H3F3IN/c7-6(8,9)5-4(10)2-1-3-11-5/h1-3H. The number of rotatable bonds is 0. The molecule has 0 saturated heterocycles. The van der Waals surface area contributed by atoms with Crippen molar-refractivity contribution in [3.05, 3.63) is 27.6 Å². The Balaban J connectivity index is 3.14. The van der Waals surface area contributed by atoms with E-state index in [9.17, 15) is 13.2 Å². The van der Waals surface area contributed by atoms with E-state index in [2.05, 4.69) is 4.98 Å². The van der Waals surface area contributed by atoms with Crippen molar-refractivity contribution in [1.29, 1.82) is 0 Å². The molecule has 0 N–H and O–H groups in total. The van der Waals surface area contributed by atoms with Crippen molar-refractivity contribution < 1.29 is 13.2 Å². The summed E-state index contributed by atoms with van der Waals surface area (Å²) in [6.07, 6.45) is -3.21. The van der Waals surface area contributed by atoms with E-state index in [1.54, 1.807) is 22.6 Å². The fraction of sp³-hybridized carbons (Fsp3) is 0.167. The van der Waals surface area contributed by atoms with E-state index < -0.39 is 11.9 Å². The summed E-state index contributed by atoms with van der Waals surface area (Å²) in [6.45, 7) is 0. The third kappa shape index (κ3) is 2.05. The number of hydrogen-bond donors (Lipinski definition) is 0. The van der Waals surface area contributed by atoms with Gasteiger partial charge in [0.1, 0.15) is 0 Å². The molecule has 1 heterocycles. The first kappa shape index (κ1) is 8.76. The lowest BCUT2D eigenvalue weighted by Gasteiger charge is -2.05.